The summed E-state index contributed by atoms with van der Waals surface area (Å²) in [5.74, 6) is -0.600. The Morgan fingerprint density at radius 3 is 2.33 bits per heavy atom. The Hall–Kier alpha value is -5.09. The fourth-order valence-corrected chi connectivity index (χ4v) is 5.25. The third-order valence-corrected chi connectivity index (χ3v) is 7.45. The van der Waals surface area contributed by atoms with E-state index in [0.717, 1.165) is 22.4 Å². The van der Waals surface area contributed by atoms with Crippen LogP contribution in [0.15, 0.2) is 103 Å². The zero-order chi connectivity index (χ0) is 29.3. The van der Waals surface area contributed by atoms with Crippen LogP contribution in [-0.4, -0.2) is 25.5 Å². The molecule has 4 aromatic rings. The number of carbonyl (C=O) groups excluding carboxylic acids is 2. The number of benzene rings is 4. The number of esters is 1. The molecular weight excluding hydrogens is 528 g/mol. The molecule has 0 saturated carbocycles. The Morgan fingerprint density at radius 1 is 0.976 bits per heavy atom. The van der Waals surface area contributed by atoms with E-state index in [0.29, 0.717) is 30.1 Å². The van der Waals surface area contributed by atoms with Crippen molar-refractivity contribution in [2.75, 3.05) is 19.0 Å². The third-order valence-electron chi connectivity index (χ3n) is 7.45. The molecule has 1 N–H and O–H groups in total. The van der Waals surface area contributed by atoms with Crippen molar-refractivity contribution in [2.24, 2.45) is 11.8 Å². The Balaban J connectivity index is 1.45. The molecule has 0 radical (unpaired) electrons. The Labute approximate surface area is 245 Å². The van der Waals surface area contributed by atoms with Crippen LogP contribution in [0.1, 0.15) is 34.7 Å². The molecule has 1 aliphatic rings. The molecule has 1 heterocycles. The summed E-state index contributed by atoms with van der Waals surface area (Å²) in [6, 6.07) is 33.7. The molecule has 212 valence electrons. The summed E-state index contributed by atoms with van der Waals surface area (Å²) in [4.78, 5) is 26.7. The molecule has 1 fully saturated rings. The SMILES string of the molecule is COc1ccc(C(CC(=O)C2C(=O)OC[C@@H]2Cc2ccccc2)Nc2ccc(C#N)cc2)c(OCc2ccccc2)c1. The van der Waals surface area contributed by atoms with Gasteiger partial charge in [-0.05, 0) is 53.9 Å². The van der Waals surface area contributed by atoms with Gasteiger partial charge in [0.2, 0.25) is 0 Å². The fraction of sp³-hybridized carbons (Fsp3) is 0.229. The van der Waals surface area contributed by atoms with E-state index < -0.39 is 17.9 Å². The van der Waals surface area contributed by atoms with E-state index in [9.17, 15) is 14.9 Å². The van der Waals surface area contributed by atoms with Gasteiger partial charge in [0, 0.05) is 29.7 Å². The van der Waals surface area contributed by atoms with Crippen molar-refractivity contribution in [3.05, 3.63) is 125 Å². The minimum Gasteiger partial charge on any atom is -0.497 e. The van der Waals surface area contributed by atoms with Gasteiger partial charge in [0.1, 0.15) is 29.8 Å². The van der Waals surface area contributed by atoms with Gasteiger partial charge in [0.05, 0.1) is 31.4 Å². The number of nitrogens with one attached hydrogen (secondary N) is 1. The van der Waals surface area contributed by atoms with E-state index in [1.807, 2.05) is 72.8 Å². The summed E-state index contributed by atoms with van der Waals surface area (Å²) in [5.41, 5.74) is 4.05. The van der Waals surface area contributed by atoms with Crippen LogP contribution in [0.2, 0.25) is 0 Å². The lowest BCUT2D eigenvalue weighted by Crippen LogP contribution is -2.30. The maximum absolute atomic E-state index is 13.9. The fourth-order valence-electron chi connectivity index (χ4n) is 5.25. The minimum atomic E-state index is -0.859. The number of ether oxygens (including phenoxy) is 3. The molecule has 7 heteroatoms. The Bertz CT molecular complexity index is 1550. The van der Waals surface area contributed by atoms with E-state index in [1.54, 1.807) is 37.4 Å². The van der Waals surface area contributed by atoms with Crippen molar-refractivity contribution in [1.29, 1.82) is 5.26 Å². The van der Waals surface area contributed by atoms with Gasteiger partial charge in [-0.15, -0.1) is 0 Å². The predicted octanol–water partition coefficient (Wildman–Crippen LogP) is 6.29. The number of methoxy groups -OCH3 is 1. The first kappa shape index (κ1) is 28.4. The molecule has 5 rings (SSSR count). The molecule has 2 unspecified atom stereocenters. The van der Waals surface area contributed by atoms with Gasteiger partial charge >= 0.3 is 5.97 Å². The van der Waals surface area contributed by atoms with Crippen molar-refractivity contribution in [3.63, 3.8) is 0 Å². The van der Waals surface area contributed by atoms with Crippen molar-refractivity contribution >= 4 is 17.4 Å². The number of hydrogen-bond acceptors (Lipinski definition) is 7. The molecule has 7 nitrogen and oxygen atoms in total. The number of nitriles is 1. The van der Waals surface area contributed by atoms with Crippen LogP contribution in [0, 0.1) is 23.2 Å². The second-order valence-electron chi connectivity index (χ2n) is 10.3. The average Bonchev–Trinajstić information content (AvgIpc) is 3.40. The van der Waals surface area contributed by atoms with Crippen molar-refractivity contribution in [3.8, 4) is 17.6 Å². The van der Waals surface area contributed by atoms with Crippen molar-refractivity contribution < 1.29 is 23.8 Å². The molecule has 0 spiro atoms. The monoisotopic (exact) mass is 560 g/mol. The summed E-state index contributed by atoms with van der Waals surface area (Å²) in [6.07, 6.45) is 0.601. The quantitative estimate of drug-likeness (QED) is 0.161. The van der Waals surface area contributed by atoms with E-state index in [2.05, 4.69) is 11.4 Å². The van der Waals surface area contributed by atoms with Crippen LogP contribution in [0.4, 0.5) is 5.69 Å². The lowest BCUT2D eigenvalue weighted by molar-refractivity contribution is -0.144. The molecule has 0 amide bonds. The number of rotatable bonds is 12. The highest BCUT2D eigenvalue weighted by Crippen LogP contribution is 2.37. The van der Waals surface area contributed by atoms with Crippen molar-refractivity contribution in [1.82, 2.24) is 0 Å². The van der Waals surface area contributed by atoms with E-state index in [-0.39, 0.29) is 24.7 Å². The number of cyclic esters (lactones) is 1. The number of hydrogen-bond donors (Lipinski definition) is 1. The van der Waals surface area contributed by atoms with Crippen LogP contribution in [0.3, 0.4) is 0 Å². The summed E-state index contributed by atoms with van der Waals surface area (Å²) >= 11 is 0. The molecular formula is C35H32N2O5. The minimum absolute atomic E-state index is 0.0269. The summed E-state index contributed by atoms with van der Waals surface area (Å²) in [7, 11) is 1.59. The molecule has 0 bridgehead atoms. The predicted molar refractivity (Wildman–Crippen MR) is 159 cm³/mol. The molecule has 42 heavy (non-hydrogen) atoms. The van der Waals surface area contributed by atoms with Crippen LogP contribution < -0.4 is 14.8 Å². The molecule has 4 aromatic carbocycles. The van der Waals surface area contributed by atoms with Crippen LogP contribution in [0.25, 0.3) is 0 Å². The van der Waals surface area contributed by atoms with E-state index in [4.69, 9.17) is 14.2 Å². The normalized spacial score (nSPS) is 16.6. The largest absolute Gasteiger partial charge is 0.497 e. The number of Topliss-reactive ketones (excluding diaryl/α,β-unsaturated/α-hetero) is 1. The van der Waals surface area contributed by atoms with Gasteiger partial charge in [0.15, 0.2) is 0 Å². The van der Waals surface area contributed by atoms with Crippen LogP contribution in [-0.2, 0) is 27.4 Å². The number of carbonyl (C=O) groups is 2. The Kier molecular flexibility index (Phi) is 9.15. The lowest BCUT2D eigenvalue weighted by Gasteiger charge is -2.25. The zero-order valence-corrected chi connectivity index (χ0v) is 23.4. The van der Waals surface area contributed by atoms with Gasteiger partial charge in [-0.1, -0.05) is 60.7 Å². The second-order valence-corrected chi connectivity index (χ2v) is 10.3. The average molecular weight is 561 g/mol. The first-order valence-corrected chi connectivity index (χ1v) is 13.9. The second kappa shape index (κ2) is 13.5. The van der Waals surface area contributed by atoms with Gasteiger partial charge < -0.3 is 19.5 Å². The van der Waals surface area contributed by atoms with E-state index >= 15 is 0 Å². The topological polar surface area (TPSA) is 97.7 Å². The van der Waals surface area contributed by atoms with Gasteiger partial charge in [-0.3, -0.25) is 9.59 Å². The van der Waals surface area contributed by atoms with Gasteiger partial charge in [-0.25, -0.2) is 0 Å². The molecule has 1 aliphatic heterocycles. The summed E-state index contributed by atoms with van der Waals surface area (Å²) in [6.45, 7) is 0.540. The smallest absolute Gasteiger partial charge is 0.316 e. The van der Waals surface area contributed by atoms with E-state index in [1.165, 1.54) is 0 Å². The van der Waals surface area contributed by atoms with Crippen molar-refractivity contribution in [2.45, 2.75) is 25.5 Å². The standard InChI is InChI=1S/C35H32N2O5/c1-40-29-16-17-30(33(19-29)41-22-26-10-6-3-7-11-26)31(37-28-14-12-25(21-36)13-15-28)20-32(38)34-27(23-42-35(34)39)18-24-8-4-2-5-9-24/h2-17,19,27,31,34,37H,18,20,22-23H2,1H3/t27-,31?,34?/m0/s1. The highest BCUT2D eigenvalue weighted by atomic mass is 16.5. The number of nitrogens with zero attached hydrogens (tertiary/aromatic N) is 1. The third kappa shape index (κ3) is 6.97. The highest BCUT2D eigenvalue weighted by molar-refractivity contribution is 6.01. The molecule has 3 atom stereocenters. The van der Waals surface area contributed by atoms with Crippen LogP contribution in [0.5, 0.6) is 11.5 Å². The highest BCUT2D eigenvalue weighted by Gasteiger charge is 2.42. The maximum Gasteiger partial charge on any atom is 0.316 e. The molecule has 1 saturated heterocycles. The van der Waals surface area contributed by atoms with Gasteiger partial charge in [-0.2, -0.15) is 5.26 Å². The first-order valence-electron chi connectivity index (χ1n) is 13.9. The first-order chi connectivity index (χ1) is 20.5. The zero-order valence-electron chi connectivity index (χ0n) is 23.4. The Morgan fingerprint density at radius 2 is 1.67 bits per heavy atom. The van der Waals surface area contributed by atoms with Crippen LogP contribution >= 0.6 is 0 Å². The summed E-state index contributed by atoms with van der Waals surface area (Å²) in [5, 5.41) is 12.7. The number of anilines is 1. The van der Waals surface area contributed by atoms with Gasteiger partial charge in [0.25, 0.3) is 0 Å². The maximum atomic E-state index is 13.9. The number of ketones is 1. The summed E-state index contributed by atoms with van der Waals surface area (Å²) < 4.78 is 17.1. The molecule has 0 aromatic heterocycles. The lowest BCUT2D eigenvalue weighted by atomic mass is 9.83. The molecule has 0 aliphatic carbocycles.